The van der Waals surface area contributed by atoms with Gasteiger partial charge in [-0.05, 0) is 71.8 Å². The van der Waals surface area contributed by atoms with Gasteiger partial charge in [-0.1, -0.05) is 72.8 Å². The van der Waals surface area contributed by atoms with E-state index in [-0.39, 0.29) is 0 Å². The van der Waals surface area contributed by atoms with Gasteiger partial charge in [-0.3, -0.25) is 0 Å². The summed E-state index contributed by atoms with van der Waals surface area (Å²) < 4.78 is 4.62. The molecule has 0 aliphatic carbocycles. The minimum atomic E-state index is 0.463. The average Bonchev–Trinajstić information content (AvgIpc) is 3.57. The molecule has 0 saturated carbocycles. The van der Waals surface area contributed by atoms with Gasteiger partial charge >= 0.3 is 0 Å². The smallest absolute Gasteiger partial charge is 0.0992 e. The lowest BCUT2D eigenvalue weighted by Crippen LogP contribution is -2.00. The number of benzene rings is 6. The van der Waals surface area contributed by atoms with Crippen LogP contribution in [0.5, 0.6) is 0 Å². The molecule has 8 aromatic rings. The van der Waals surface area contributed by atoms with Gasteiger partial charge in [0.2, 0.25) is 0 Å². The van der Waals surface area contributed by atoms with Crippen molar-refractivity contribution < 1.29 is 0 Å². The van der Waals surface area contributed by atoms with Crippen LogP contribution in [0.25, 0.3) is 66.1 Å². The van der Waals surface area contributed by atoms with Crippen LogP contribution in [0.15, 0.2) is 133 Å². The normalized spacial score (nSPS) is 11.3. The Labute approximate surface area is 242 Å². The van der Waals surface area contributed by atoms with Crippen molar-refractivity contribution in [1.82, 2.24) is 9.13 Å². The highest BCUT2D eigenvalue weighted by Crippen LogP contribution is 2.37. The lowest BCUT2D eigenvalue weighted by molar-refractivity contribution is 1.13. The molecule has 0 N–H and O–H groups in total. The molecule has 0 aliphatic rings. The van der Waals surface area contributed by atoms with E-state index < -0.39 is 0 Å². The topological polar surface area (TPSA) is 57.4 Å². The number of aromatic nitrogens is 2. The second kappa shape index (κ2) is 9.24. The van der Waals surface area contributed by atoms with Crippen molar-refractivity contribution in [1.29, 1.82) is 10.5 Å². The van der Waals surface area contributed by atoms with Crippen LogP contribution in [-0.4, -0.2) is 9.13 Å². The van der Waals surface area contributed by atoms with Crippen molar-refractivity contribution in [3.05, 3.63) is 145 Å². The van der Waals surface area contributed by atoms with Crippen LogP contribution in [0.4, 0.5) is 0 Å². The number of rotatable bonds is 3. The summed E-state index contributed by atoms with van der Waals surface area (Å²) in [4.78, 5) is 0. The van der Waals surface area contributed by atoms with Crippen molar-refractivity contribution in [3.8, 4) is 34.6 Å². The summed E-state index contributed by atoms with van der Waals surface area (Å²) in [6, 6.07) is 50.3. The summed E-state index contributed by atoms with van der Waals surface area (Å²) in [7, 11) is 0. The van der Waals surface area contributed by atoms with Crippen LogP contribution in [0.2, 0.25) is 0 Å². The molecular formula is C38H22N4. The summed E-state index contributed by atoms with van der Waals surface area (Å²) in [6.07, 6.45) is 0. The van der Waals surface area contributed by atoms with E-state index >= 15 is 0 Å². The molecule has 0 bridgehead atoms. The van der Waals surface area contributed by atoms with Crippen molar-refractivity contribution in [3.63, 3.8) is 0 Å². The third-order valence-corrected chi connectivity index (χ3v) is 8.10. The first-order valence-electron chi connectivity index (χ1n) is 13.8. The van der Waals surface area contributed by atoms with Gasteiger partial charge in [0.15, 0.2) is 0 Å². The molecule has 0 radical (unpaired) electrons. The van der Waals surface area contributed by atoms with Crippen molar-refractivity contribution in [2.45, 2.75) is 0 Å². The predicted molar refractivity (Wildman–Crippen MR) is 170 cm³/mol. The fourth-order valence-electron chi connectivity index (χ4n) is 6.34. The highest BCUT2D eigenvalue weighted by Gasteiger charge is 2.17. The molecule has 2 heterocycles. The van der Waals surface area contributed by atoms with E-state index in [4.69, 9.17) is 0 Å². The molecule has 0 fully saturated rings. The van der Waals surface area contributed by atoms with Gasteiger partial charge in [-0.15, -0.1) is 0 Å². The van der Waals surface area contributed by atoms with Crippen molar-refractivity contribution in [2.24, 2.45) is 0 Å². The van der Waals surface area contributed by atoms with Crippen LogP contribution in [-0.2, 0) is 0 Å². The van der Waals surface area contributed by atoms with E-state index in [0.717, 1.165) is 44.6 Å². The van der Waals surface area contributed by atoms with Gasteiger partial charge in [-0.2, -0.15) is 10.5 Å². The van der Waals surface area contributed by atoms with Crippen LogP contribution in [0, 0.1) is 22.7 Å². The molecule has 8 rings (SSSR count). The lowest BCUT2D eigenvalue weighted by atomic mass is 9.99. The second-order valence-corrected chi connectivity index (χ2v) is 10.5. The fraction of sp³-hybridized carbons (Fsp3) is 0. The van der Waals surface area contributed by atoms with Gasteiger partial charge in [-0.25, -0.2) is 0 Å². The fourth-order valence-corrected chi connectivity index (χ4v) is 6.34. The summed E-state index contributed by atoms with van der Waals surface area (Å²) in [6.45, 7) is 0. The summed E-state index contributed by atoms with van der Waals surface area (Å²) in [5, 5.41) is 24.2. The standard InChI is InChI=1S/C38H22N4/c39-23-25-17-26(24-40)19-27(18-25)28-20-29(41-35-13-5-1-9-31(35)32-10-2-6-14-36(32)41)22-30(21-28)42-37-15-7-3-11-33(37)34-12-4-8-16-38(34)42/h1-22H. The first-order valence-corrected chi connectivity index (χ1v) is 13.8. The minimum Gasteiger partial charge on any atom is -0.309 e. The first-order chi connectivity index (χ1) is 20.7. The zero-order chi connectivity index (χ0) is 28.2. The predicted octanol–water partition coefficient (Wildman–Crippen LogP) is 9.29. The highest BCUT2D eigenvalue weighted by molar-refractivity contribution is 6.10. The molecule has 0 aliphatic heterocycles. The van der Waals surface area contributed by atoms with Crippen LogP contribution in [0.1, 0.15) is 11.1 Å². The molecular weight excluding hydrogens is 512 g/mol. The Hall–Kier alpha value is -6.10. The molecule has 0 atom stereocenters. The lowest BCUT2D eigenvalue weighted by Gasteiger charge is -2.16. The minimum absolute atomic E-state index is 0.463. The number of hydrogen-bond acceptors (Lipinski definition) is 2. The molecule has 0 amide bonds. The van der Waals surface area contributed by atoms with E-state index in [2.05, 4.69) is 137 Å². The van der Waals surface area contributed by atoms with E-state index in [0.29, 0.717) is 11.1 Å². The quantitative estimate of drug-likeness (QED) is 0.227. The van der Waals surface area contributed by atoms with Gasteiger partial charge < -0.3 is 9.13 Å². The maximum Gasteiger partial charge on any atom is 0.0992 e. The zero-order valence-electron chi connectivity index (χ0n) is 22.5. The molecule has 42 heavy (non-hydrogen) atoms. The zero-order valence-corrected chi connectivity index (χ0v) is 22.5. The summed E-state index contributed by atoms with van der Waals surface area (Å²) >= 11 is 0. The molecule has 4 nitrogen and oxygen atoms in total. The maximum absolute atomic E-state index is 9.74. The van der Waals surface area contributed by atoms with Crippen molar-refractivity contribution in [2.75, 3.05) is 0 Å². The molecule has 6 aromatic carbocycles. The summed E-state index contributed by atoms with van der Waals surface area (Å²) in [5.74, 6) is 0. The monoisotopic (exact) mass is 534 g/mol. The van der Waals surface area contributed by atoms with Crippen LogP contribution >= 0.6 is 0 Å². The number of hydrogen-bond donors (Lipinski definition) is 0. The van der Waals surface area contributed by atoms with Crippen LogP contribution < -0.4 is 0 Å². The number of para-hydroxylation sites is 4. The van der Waals surface area contributed by atoms with Gasteiger partial charge in [0.1, 0.15) is 0 Å². The Balaban J connectivity index is 1.51. The Kier molecular flexibility index (Phi) is 5.22. The molecule has 4 heteroatoms. The van der Waals surface area contributed by atoms with Crippen LogP contribution in [0.3, 0.4) is 0 Å². The first kappa shape index (κ1) is 23.8. The van der Waals surface area contributed by atoms with E-state index in [9.17, 15) is 10.5 Å². The Morgan fingerprint density at radius 2 is 0.714 bits per heavy atom. The number of nitrogens with zero attached hydrogens (tertiary/aromatic N) is 4. The Morgan fingerprint density at radius 3 is 1.07 bits per heavy atom. The van der Waals surface area contributed by atoms with E-state index in [1.807, 2.05) is 12.1 Å². The number of fused-ring (bicyclic) bond motifs is 6. The molecule has 0 saturated heterocycles. The third-order valence-electron chi connectivity index (χ3n) is 8.10. The van der Waals surface area contributed by atoms with Gasteiger partial charge in [0.25, 0.3) is 0 Å². The molecule has 2 aromatic heterocycles. The summed E-state index contributed by atoms with van der Waals surface area (Å²) in [5.41, 5.74) is 9.16. The van der Waals surface area contributed by atoms with E-state index in [1.165, 1.54) is 21.5 Å². The average molecular weight is 535 g/mol. The molecule has 0 spiro atoms. The third kappa shape index (κ3) is 3.53. The highest BCUT2D eigenvalue weighted by atomic mass is 15.0. The maximum atomic E-state index is 9.74. The SMILES string of the molecule is N#Cc1cc(C#N)cc(-c2cc(-n3c4ccccc4c4ccccc43)cc(-n3c4ccccc4c4ccccc43)c2)c1. The van der Waals surface area contributed by atoms with E-state index in [1.54, 1.807) is 6.07 Å². The Morgan fingerprint density at radius 1 is 0.381 bits per heavy atom. The largest absolute Gasteiger partial charge is 0.309 e. The second-order valence-electron chi connectivity index (χ2n) is 10.5. The van der Waals surface area contributed by atoms with Gasteiger partial charge in [0.05, 0.1) is 45.3 Å². The molecule has 194 valence electrons. The van der Waals surface area contributed by atoms with Crippen molar-refractivity contribution >= 4 is 43.6 Å². The molecule has 0 unspecified atom stereocenters. The van der Waals surface area contributed by atoms with Gasteiger partial charge in [0, 0.05) is 32.9 Å². The Bertz CT molecular complexity index is 2170. The number of nitriles is 2.